The Labute approximate surface area is 131 Å². The van der Waals surface area contributed by atoms with Crippen molar-refractivity contribution < 1.29 is 9.18 Å². The molecule has 0 radical (unpaired) electrons. The van der Waals surface area contributed by atoms with E-state index in [1.165, 1.54) is 17.7 Å². The third-order valence-electron chi connectivity index (χ3n) is 3.61. The summed E-state index contributed by atoms with van der Waals surface area (Å²) in [7, 11) is 0. The van der Waals surface area contributed by atoms with E-state index in [2.05, 4.69) is 31.3 Å². The van der Waals surface area contributed by atoms with Crippen LogP contribution in [-0.4, -0.2) is 5.91 Å². The molecule has 2 rings (SSSR count). The molecule has 0 aromatic heterocycles. The van der Waals surface area contributed by atoms with E-state index in [9.17, 15) is 9.18 Å². The van der Waals surface area contributed by atoms with Crippen molar-refractivity contribution >= 4 is 11.6 Å². The lowest BCUT2D eigenvalue weighted by molar-refractivity contribution is -0.117. The first-order valence-corrected chi connectivity index (χ1v) is 7.61. The van der Waals surface area contributed by atoms with Gasteiger partial charge in [0.25, 0.3) is 0 Å². The van der Waals surface area contributed by atoms with E-state index in [1.54, 1.807) is 12.1 Å². The summed E-state index contributed by atoms with van der Waals surface area (Å²) < 4.78 is 13.1. The van der Waals surface area contributed by atoms with Crippen LogP contribution in [0.2, 0.25) is 0 Å². The van der Waals surface area contributed by atoms with Crippen molar-refractivity contribution in [2.24, 2.45) is 5.92 Å². The highest BCUT2D eigenvalue weighted by Gasteiger charge is 2.15. The standard InChI is InChI=1S/C19H22FNO/c1-13(2)11-15-7-9-16(10-8-15)14(3)19(22)21-18-6-4-5-17(20)12-18/h4-10,12-14H,11H2,1-3H3,(H,21,22). The minimum atomic E-state index is -0.358. The van der Waals surface area contributed by atoms with Crippen molar-refractivity contribution in [1.82, 2.24) is 0 Å². The molecule has 1 N–H and O–H groups in total. The summed E-state index contributed by atoms with van der Waals surface area (Å²) in [4.78, 5) is 12.3. The molecule has 1 unspecified atom stereocenters. The molecule has 22 heavy (non-hydrogen) atoms. The highest BCUT2D eigenvalue weighted by Crippen LogP contribution is 2.20. The van der Waals surface area contributed by atoms with Gasteiger partial charge in [-0.25, -0.2) is 4.39 Å². The van der Waals surface area contributed by atoms with Crippen LogP contribution in [0.5, 0.6) is 0 Å². The fourth-order valence-corrected chi connectivity index (χ4v) is 2.38. The van der Waals surface area contributed by atoms with Gasteiger partial charge in [-0.15, -0.1) is 0 Å². The third-order valence-corrected chi connectivity index (χ3v) is 3.61. The maximum absolute atomic E-state index is 13.1. The van der Waals surface area contributed by atoms with Gasteiger partial charge >= 0.3 is 0 Å². The van der Waals surface area contributed by atoms with E-state index in [1.807, 2.05) is 19.1 Å². The molecule has 0 saturated heterocycles. The smallest absolute Gasteiger partial charge is 0.231 e. The first-order valence-electron chi connectivity index (χ1n) is 7.61. The molecule has 0 fully saturated rings. The monoisotopic (exact) mass is 299 g/mol. The number of rotatable bonds is 5. The molecule has 0 saturated carbocycles. The van der Waals surface area contributed by atoms with E-state index in [0.717, 1.165) is 12.0 Å². The molecular weight excluding hydrogens is 277 g/mol. The van der Waals surface area contributed by atoms with Gasteiger partial charge in [-0.1, -0.05) is 44.2 Å². The van der Waals surface area contributed by atoms with Crippen LogP contribution in [-0.2, 0) is 11.2 Å². The van der Waals surface area contributed by atoms with Crippen LogP contribution in [0.25, 0.3) is 0 Å². The Morgan fingerprint density at radius 2 is 1.77 bits per heavy atom. The Bertz CT molecular complexity index is 634. The quantitative estimate of drug-likeness (QED) is 0.847. The van der Waals surface area contributed by atoms with Crippen molar-refractivity contribution in [3.8, 4) is 0 Å². The van der Waals surface area contributed by atoms with Crippen LogP contribution in [0.1, 0.15) is 37.8 Å². The number of halogens is 1. The Kier molecular flexibility index (Phi) is 5.31. The SMILES string of the molecule is CC(C)Cc1ccc(C(C)C(=O)Nc2cccc(F)c2)cc1. The fraction of sp³-hybridized carbons (Fsp3) is 0.316. The molecule has 2 aromatic rings. The number of hydrogen-bond acceptors (Lipinski definition) is 1. The highest BCUT2D eigenvalue weighted by molar-refractivity contribution is 5.95. The number of carbonyl (C=O) groups is 1. The van der Waals surface area contributed by atoms with Gasteiger partial charge in [-0.3, -0.25) is 4.79 Å². The molecular formula is C19H22FNO. The number of anilines is 1. The number of hydrogen-bond donors (Lipinski definition) is 1. The van der Waals surface area contributed by atoms with Gasteiger partial charge in [0.2, 0.25) is 5.91 Å². The third kappa shape index (κ3) is 4.42. The second-order valence-corrected chi connectivity index (χ2v) is 6.06. The number of carbonyl (C=O) groups excluding carboxylic acids is 1. The van der Waals surface area contributed by atoms with E-state index in [0.29, 0.717) is 11.6 Å². The molecule has 116 valence electrons. The molecule has 0 bridgehead atoms. The Hall–Kier alpha value is -2.16. The van der Waals surface area contributed by atoms with E-state index in [-0.39, 0.29) is 17.6 Å². The molecule has 2 nitrogen and oxygen atoms in total. The van der Waals surface area contributed by atoms with Gasteiger partial charge in [0.05, 0.1) is 5.92 Å². The second kappa shape index (κ2) is 7.21. The largest absolute Gasteiger partial charge is 0.325 e. The van der Waals surface area contributed by atoms with Gasteiger partial charge in [0.15, 0.2) is 0 Å². The summed E-state index contributed by atoms with van der Waals surface area (Å²) in [5, 5.41) is 2.75. The molecule has 1 atom stereocenters. The Morgan fingerprint density at radius 1 is 1.09 bits per heavy atom. The van der Waals surface area contributed by atoms with E-state index < -0.39 is 0 Å². The van der Waals surface area contributed by atoms with Crippen LogP contribution in [0, 0.1) is 11.7 Å². The van der Waals surface area contributed by atoms with E-state index >= 15 is 0 Å². The molecule has 1 amide bonds. The van der Waals surface area contributed by atoms with Gasteiger partial charge in [0, 0.05) is 5.69 Å². The number of nitrogens with one attached hydrogen (secondary N) is 1. The zero-order valence-electron chi connectivity index (χ0n) is 13.3. The highest BCUT2D eigenvalue weighted by atomic mass is 19.1. The molecule has 0 aliphatic rings. The lowest BCUT2D eigenvalue weighted by Crippen LogP contribution is -2.18. The number of benzene rings is 2. The van der Waals surface area contributed by atoms with Crippen LogP contribution in [0.4, 0.5) is 10.1 Å². The summed E-state index contributed by atoms with van der Waals surface area (Å²) >= 11 is 0. The summed E-state index contributed by atoms with van der Waals surface area (Å²) in [5.74, 6) is -0.165. The summed E-state index contributed by atoms with van der Waals surface area (Å²) in [6.07, 6.45) is 1.03. The molecule has 0 aliphatic carbocycles. The van der Waals surface area contributed by atoms with Crippen LogP contribution >= 0.6 is 0 Å². The number of amides is 1. The van der Waals surface area contributed by atoms with Crippen molar-refractivity contribution in [3.63, 3.8) is 0 Å². The summed E-state index contributed by atoms with van der Waals surface area (Å²) in [6, 6.07) is 14.1. The molecule has 0 spiro atoms. The Morgan fingerprint density at radius 3 is 2.36 bits per heavy atom. The van der Waals surface area contributed by atoms with Gasteiger partial charge in [-0.05, 0) is 48.6 Å². The normalized spacial score (nSPS) is 12.2. The maximum atomic E-state index is 13.1. The zero-order valence-corrected chi connectivity index (χ0v) is 13.3. The molecule has 0 aliphatic heterocycles. The van der Waals surface area contributed by atoms with Crippen molar-refractivity contribution in [2.75, 3.05) is 5.32 Å². The van der Waals surface area contributed by atoms with Crippen molar-refractivity contribution in [3.05, 3.63) is 65.5 Å². The zero-order chi connectivity index (χ0) is 16.1. The van der Waals surface area contributed by atoms with Crippen molar-refractivity contribution in [1.29, 1.82) is 0 Å². The molecule has 0 heterocycles. The van der Waals surface area contributed by atoms with Crippen molar-refractivity contribution in [2.45, 2.75) is 33.1 Å². The summed E-state index contributed by atoms with van der Waals surface area (Å²) in [5.41, 5.74) is 2.71. The van der Waals surface area contributed by atoms with Gasteiger partial charge in [0.1, 0.15) is 5.82 Å². The van der Waals surface area contributed by atoms with Crippen LogP contribution in [0.3, 0.4) is 0 Å². The maximum Gasteiger partial charge on any atom is 0.231 e. The summed E-state index contributed by atoms with van der Waals surface area (Å²) in [6.45, 7) is 6.22. The molecule has 2 aromatic carbocycles. The van der Waals surface area contributed by atoms with Crippen LogP contribution < -0.4 is 5.32 Å². The van der Waals surface area contributed by atoms with E-state index in [4.69, 9.17) is 0 Å². The predicted octanol–water partition coefficient (Wildman–Crippen LogP) is 4.77. The topological polar surface area (TPSA) is 29.1 Å². The fourth-order valence-electron chi connectivity index (χ4n) is 2.38. The first-order chi connectivity index (χ1) is 10.5. The van der Waals surface area contributed by atoms with Gasteiger partial charge < -0.3 is 5.32 Å². The minimum Gasteiger partial charge on any atom is -0.325 e. The average Bonchev–Trinajstić information content (AvgIpc) is 2.46. The van der Waals surface area contributed by atoms with Crippen LogP contribution in [0.15, 0.2) is 48.5 Å². The second-order valence-electron chi connectivity index (χ2n) is 6.06. The minimum absolute atomic E-state index is 0.137. The first kappa shape index (κ1) is 16.2. The lowest BCUT2D eigenvalue weighted by atomic mass is 9.96. The van der Waals surface area contributed by atoms with Gasteiger partial charge in [-0.2, -0.15) is 0 Å². The molecule has 3 heteroatoms. The lowest BCUT2D eigenvalue weighted by Gasteiger charge is -2.14. The average molecular weight is 299 g/mol. The predicted molar refractivity (Wildman–Crippen MR) is 88.4 cm³/mol. The Balaban J connectivity index is 2.03.